The van der Waals surface area contributed by atoms with Crippen molar-refractivity contribution in [3.05, 3.63) is 6.08 Å². The molecule has 0 bridgehead atoms. The number of amides is 1. The molecule has 20 heavy (non-hydrogen) atoms. The highest BCUT2D eigenvalue weighted by atomic mass is 16.2. The molecule has 0 aliphatic carbocycles. The number of hydrogen-bond donors (Lipinski definition) is 0. The second kappa shape index (κ2) is 10.7. The molecule has 3 heteroatoms. The van der Waals surface area contributed by atoms with E-state index in [-0.39, 0.29) is 11.9 Å². The summed E-state index contributed by atoms with van der Waals surface area (Å²) in [5.41, 5.74) is 0. The summed E-state index contributed by atoms with van der Waals surface area (Å²) in [6, 6.07) is 0.212. The molecule has 1 saturated heterocycles. The Morgan fingerprint density at radius 1 is 1.20 bits per heavy atom. The van der Waals surface area contributed by atoms with Crippen LogP contribution < -0.4 is 0 Å². The summed E-state index contributed by atoms with van der Waals surface area (Å²) in [5, 5.41) is 0. The zero-order valence-corrected chi connectivity index (χ0v) is 12.9. The second-order valence-electron chi connectivity index (χ2n) is 5.81. The fraction of sp³-hybridized carbons (Fsp3) is 0.824. The molecule has 114 valence electrons. The highest BCUT2D eigenvalue weighted by Gasteiger charge is 2.23. The minimum atomic E-state index is 0.212. The van der Waals surface area contributed by atoms with Crippen molar-refractivity contribution in [3.63, 3.8) is 0 Å². The Morgan fingerprint density at radius 3 is 2.75 bits per heavy atom. The molecule has 0 saturated carbocycles. The van der Waals surface area contributed by atoms with Crippen molar-refractivity contribution in [2.45, 2.75) is 83.6 Å². The van der Waals surface area contributed by atoms with E-state index in [0.29, 0.717) is 12.8 Å². The Balaban J connectivity index is 2.48. The number of carbonyl (C=O) groups excluding carboxylic acids is 2. The van der Waals surface area contributed by atoms with Gasteiger partial charge >= 0.3 is 0 Å². The zero-order chi connectivity index (χ0) is 14.6. The van der Waals surface area contributed by atoms with Crippen molar-refractivity contribution in [3.8, 4) is 0 Å². The summed E-state index contributed by atoms with van der Waals surface area (Å²) in [4.78, 5) is 24.7. The third-order valence-electron chi connectivity index (χ3n) is 4.16. The molecule has 0 aromatic heterocycles. The molecular weight excluding hydrogens is 250 g/mol. The summed E-state index contributed by atoms with van der Waals surface area (Å²) >= 11 is 0. The monoisotopic (exact) mass is 279 g/mol. The molecule has 1 rings (SSSR count). The Morgan fingerprint density at radius 2 is 2.00 bits per heavy atom. The van der Waals surface area contributed by atoms with Crippen molar-refractivity contribution in [1.82, 2.24) is 4.90 Å². The molecule has 0 aromatic carbocycles. The number of hydrogen-bond acceptors (Lipinski definition) is 2. The van der Waals surface area contributed by atoms with Crippen LogP contribution in [0.1, 0.15) is 77.6 Å². The van der Waals surface area contributed by atoms with Gasteiger partial charge in [-0.1, -0.05) is 45.4 Å². The predicted octanol–water partition coefficient (Wildman–Crippen LogP) is 3.90. The summed E-state index contributed by atoms with van der Waals surface area (Å²) < 4.78 is 0. The molecule has 1 unspecified atom stereocenters. The lowest BCUT2D eigenvalue weighted by Gasteiger charge is -2.30. The van der Waals surface area contributed by atoms with Crippen LogP contribution in [0.5, 0.6) is 0 Å². The van der Waals surface area contributed by atoms with Crippen molar-refractivity contribution < 1.29 is 9.59 Å². The van der Waals surface area contributed by atoms with Gasteiger partial charge in [0.25, 0.3) is 0 Å². The zero-order valence-electron chi connectivity index (χ0n) is 12.9. The van der Waals surface area contributed by atoms with Crippen molar-refractivity contribution >= 4 is 11.8 Å². The molecule has 1 amide bonds. The van der Waals surface area contributed by atoms with Gasteiger partial charge in [-0.3, -0.25) is 4.79 Å². The van der Waals surface area contributed by atoms with Crippen LogP contribution in [0.25, 0.3) is 0 Å². The van der Waals surface area contributed by atoms with Crippen LogP contribution in [0, 0.1) is 0 Å². The summed E-state index contributed by atoms with van der Waals surface area (Å²) in [7, 11) is 0. The van der Waals surface area contributed by atoms with Crippen LogP contribution in [0.15, 0.2) is 6.08 Å². The van der Waals surface area contributed by atoms with E-state index in [1.165, 1.54) is 25.7 Å². The van der Waals surface area contributed by atoms with Crippen molar-refractivity contribution in [2.24, 2.45) is 0 Å². The van der Waals surface area contributed by atoms with Crippen LogP contribution in [-0.4, -0.2) is 29.3 Å². The van der Waals surface area contributed by atoms with Crippen LogP contribution in [0.4, 0.5) is 0 Å². The Hall–Kier alpha value is -1.08. The number of rotatable bonds is 9. The molecule has 1 aliphatic rings. The van der Waals surface area contributed by atoms with E-state index < -0.39 is 0 Å². The fourth-order valence-corrected chi connectivity index (χ4v) is 2.96. The second-order valence-corrected chi connectivity index (χ2v) is 5.81. The molecule has 0 N–H and O–H groups in total. The molecule has 3 nitrogen and oxygen atoms in total. The average Bonchev–Trinajstić information content (AvgIpc) is 2.67. The van der Waals surface area contributed by atoms with E-state index in [0.717, 1.165) is 38.6 Å². The maximum absolute atomic E-state index is 12.2. The number of likely N-dealkylation sites (tertiary alicyclic amines) is 1. The highest BCUT2D eigenvalue weighted by molar-refractivity contribution is 5.76. The van der Waals surface area contributed by atoms with E-state index in [4.69, 9.17) is 0 Å². The van der Waals surface area contributed by atoms with Gasteiger partial charge in [-0.25, -0.2) is 4.79 Å². The smallest absolute Gasteiger partial charge is 0.222 e. The van der Waals surface area contributed by atoms with Crippen LogP contribution in [0.2, 0.25) is 0 Å². The Kier molecular flexibility index (Phi) is 9.06. The minimum absolute atomic E-state index is 0.212. The third-order valence-corrected chi connectivity index (χ3v) is 4.16. The van der Waals surface area contributed by atoms with Gasteiger partial charge in [0.1, 0.15) is 5.94 Å². The predicted molar refractivity (Wildman–Crippen MR) is 82.2 cm³/mol. The van der Waals surface area contributed by atoms with E-state index in [1.807, 2.05) is 10.8 Å². The number of carbonyl (C=O) groups is 1. The van der Waals surface area contributed by atoms with Crippen LogP contribution in [0.3, 0.4) is 0 Å². The molecule has 1 atom stereocenters. The molecule has 0 spiro atoms. The first-order valence-corrected chi connectivity index (χ1v) is 8.28. The van der Waals surface area contributed by atoms with E-state index in [2.05, 4.69) is 6.92 Å². The first kappa shape index (κ1) is 17.0. The molecule has 1 aliphatic heterocycles. The van der Waals surface area contributed by atoms with Crippen LogP contribution in [-0.2, 0) is 9.59 Å². The van der Waals surface area contributed by atoms with Gasteiger partial charge in [0.15, 0.2) is 0 Å². The normalized spacial score (nSPS) is 17.4. The minimum Gasteiger partial charge on any atom is -0.339 e. The van der Waals surface area contributed by atoms with Gasteiger partial charge < -0.3 is 4.90 Å². The highest BCUT2D eigenvalue weighted by Crippen LogP contribution is 2.20. The number of unbranched alkanes of at least 4 members (excludes halogenated alkanes) is 4. The summed E-state index contributed by atoms with van der Waals surface area (Å²) in [6.07, 6.45) is 13.4. The van der Waals surface area contributed by atoms with Gasteiger partial charge in [0.2, 0.25) is 5.91 Å². The maximum Gasteiger partial charge on any atom is 0.222 e. The topological polar surface area (TPSA) is 37.4 Å². The van der Waals surface area contributed by atoms with E-state index in [9.17, 15) is 9.59 Å². The molecule has 1 heterocycles. The third kappa shape index (κ3) is 6.38. The molecule has 0 radical (unpaired) electrons. The van der Waals surface area contributed by atoms with Gasteiger partial charge in [-0.2, -0.15) is 0 Å². The molecule has 0 aromatic rings. The van der Waals surface area contributed by atoms with E-state index in [1.54, 1.807) is 6.08 Å². The van der Waals surface area contributed by atoms with Crippen molar-refractivity contribution in [2.75, 3.05) is 6.54 Å². The van der Waals surface area contributed by atoms with Gasteiger partial charge in [-0.05, 0) is 25.7 Å². The summed E-state index contributed by atoms with van der Waals surface area (Å²) in [6.45, 7) is 3.08. The SMILES string of the molecule is CCCCCCCC(CC=C=O)N1CCCCCC1=O. The van der Waals surface area contributed by atoms with Crippen LogP contribution >= 0.6 is 0 Å². The molecular formula is C17H29NO2. The largest absolute Gasteiger partial charge is 0.339 e. The lowest BCUT2D eigenvalue weighted by Crippen LogP contribution is -2.39. The van der Waals surface area contributed by atoms with Gasteiger partial charge in [0, 0.05) is 25.1 Å². The number of nitrogens with zero attached hydrogens (tertiary/aromatic N) is 1. The Bertz CT molecular complexity index is 321. The average molecular weight is 279 g/mol. The van der Waals surface area contributed by atoms with E-state index >= 15 is 0 Å². The summed E-state index contributed by atoms with van der Waals surface area (Å²) in [5.74, 6) is 2.14. The van der Waals surface area contributed by atoms with Gasteiger partial charge in [0.05, 0.1) is 0 Å². The van der Waals surface area contributed by atoms with Gasteiger partial charge in [-0.15, -0.1) is 0 Å². The first-order chi connectivity index (χ1) is 9.79. The van der Waals surface area contributed by atoms with Crippen molar-refractivity contribution in [1.29, 1.82) is 0 Å². The lowest BCUT2D eigenvalue weighted by molar-refractivity contribution is -0.133. The Labute approximate surface area is 123 Å². The standard InChI is InChI=1S/C17H29NO2/c1-2-3-4-5-7-11-16(12-10-15-19)18-14-9-6-8-13-17(18)20/h10,16H,2-9,11-14H2,1H3. The fourth-order valence-electron chi connectivity index (χ4n) is 2.96. The molecule has 1 fully saturated rings. The quantitative estimate of drug-likeness (QED) is 0.474. The lowest BCUT2D eigenvalue weighted by atomic mass is 10.0. The maximum atomic E-state index is 12.2. The first-order valence-electron chi connectivity index (χ1n) is 8.28.